The zero-order valence-electron chi connectivity index (χ0n) is 15.3. The maximum Gasteiger partial charge on any atom is 0.282 e. The van der Waals surface area contributed by atoms with Gasteiger partial charge in [-0.2, -0.15) is 22.9 Å². The molecule has 0 spiro atoms. The number of hydrogen-bond donors (Lipinski definition) is 1. The van der Waals surface area contributed by atoms with Gasteiger partial charge in [0, 0.05) is 11.8 Å². The highest BCUT2D eigenvalue weighted by atomic mass is 32.2. The Hall–Kier alpha value is -2.95. The molecule has 0 aliphatic heterocycles. The molecule has 1 aliphatic carbocycles. The quantitative estimate of drug-likeness (QED) is 0.738. The molecule has 6 nitrogen and oxygen atoms in total. The lowest BCUT2D eigenvalue weighted by Crippen LogP contribution is -2.31. The molecule has 3 aromatic rings. The van der Waals surface area contributed by atoms with E-state index in [0.29, 0.717) is 41.6 Å². The summed E-state index contributed by atoms with van der Waals surface area (Å²) in [4.78, 5) is 0.153. The van der Waals surface area contributed by atoms with Crippen molar-refractivity contribution in [2.24, 2.45) is 0 Å². The monoisotopic (exact) mass is 393 g/mol. The molecule has 1 aliphatic rings. The van der Waals surface area contributed by atoms with Crippen molar-refractivity contribution in [3.63, 3.8) is 0 Å². The van der Waals surface area contributed by atoms with E-state index < -0.39 is 15.6 Å². The number of nitriles is 1. The van der Waals surface area contributed by atoms with Crippen molar-refractivity contribution in [1.29, 1.82) is 5.26 Å². The second kappa shape index (κ2) is 6.59. The Morgan fingerprint density at radius 2 is 1.82 bits per heavy atom. The summed E-state index contributed by atoms with van der Waals surface area (Å²) in [5.41, 5.74) is 1.84. The molecule has 4 rings (SSSR count). The minimum Gasteiger partial charge on any atom is -0.380 e. The lowest BCUT2D eigenvalue weighted by atomic mass is 9.78. The molecular formula is C21H19N3O3S. The lowest BCUT2D eigenvalue weighted by Gasteiger charge is -2.32. The maximum atomic E-state index is 13.0. The number of fused-ring (bicyclic) bond motifs is 1. The van der Waals surface area contributed by atoms with E-state index in [2.05, 4.69) is 11.2 Å². The van der Waals surface area contributed by atoms with Crippen LogP contribution >= 0.6 is 0 Å². The largest absolute Gasteiger partial charge is 0.380 e. The van der Waals surface area contributed by atoms with Gasteiger partial charge in [0.2, 0.25) is 0 Å². The summed E-state index contributed by atoms with van der Waals surface area (Å²) in [5.74, 6) is 0. The van der Waals surface area contributed by atoms with Crippen LogP contribution in [0.3, 0.4) is 0 Å². The average molecular weight is 393 g/mol. The van der Waals surface area contributed by atoms with Crippen LogP contribution in [-0.4, -0.2) is 22.7 Å². The number of hydrogen-bond acceptors (Lipinski definition) is 5. The average Bonchev–Trinajstić information content (AvgIpc) is 3.15. The molecular weight excluding hydrogens is 374 g/mol. The minimum atomic E-state index is -3.84. The second-order valence-electron chi connectivity index (χ2n) is 7.08. The van der Waals surface area contributed by atoms with E-state index in [4.69, 9.17) is 5.26 Å². The number of rotatable bonds is 3. The van der Waals surface area contributed by atoms with E-state index in [-0.39, 0.29) is 4.90 Å². The molecule has 0 bridgehead atoms. The van der Waals surface area contributed by atoms with E-state index >= 15 is 0 Å². The van der Waals surface area contributed by atoms with Gasteiger partial charge in [-0.25, -0.2) is 0 Å². The smallest absolute Gasteiger partial charge is 0.282 e. The number of benzene rings is 2. The molecule has 1 N–H and O–H groups in total. The summed E-state index contributed by atoms with van der Waals surface area (Å²) in [6.07, 6.45) is 3.17. The third-order valence-corrected chi connectivity index (χ3v) is 6.77. The van der Waals surface area contributed by atoms with Gasteiger partial charge in [0.25, 0.3) is 10.0 Å². The molecule has 0 radical (unpaired) electrons. The Labute approximate surface area is 163 Å². The molecule has 0 fully saturated rings. The summed E-state index contributed by atoms with van der Waals surface area (Å²) in [7, 11) is -3.84. The van der Waals surface area contributed by atoms with Crippen LogP contribution < -0.4 is 0 Å². The third kappa shape index (κ3) is 2.91. The van der Waals surface area contributed by atoms with Gasteiger partial charge in [0.15, 0.2) is 0 Å². The zero-order valence-corrected chi connectivity index (χ0v) is 16.1. The van der Waals surface area contributed by atoms with Crippen molar-refractivity contribution in [3.8, 4) is 6.07 Å². The van der Waals surface area contributed by atoms with Crippen LogP contribution in [0.4, 0.5) is 0 Å². The summed E-state index contributed by atoms with van der Waals surface area (Å²) >= 11 is 0. The van der Waals surface area contributed by atoms with E-state index in [1.165, 1.54) is 6.20 Å². The fourth-order valence-electron chi connectivity index (χ4n) is 3.62. The Morgan fingerprint density at radius 3 is 2.46 bits per heavy atom. The Bertz CT molecular complexity index is 1170. The van der Waals surface area contributed by atoms with Crippen molar-refractivity contribution < 1.29 is 13.5 Å². The zero-order chi connectivity index (χ0) is 19.9. The summed E-state index contributed by atoms with van der Waals surface area (Å²) < 4.78 is 26.9. The summed E-state index contributed by atoms with van der Waals surface area (Å²) in [6, 6.07) is 15.4. The topological polar surface area (TPSA) is 96.0 Å². The molecule has 0 saturated carbocycles. The molecule has 0 saturated heterocycles. The molecule has 0 amide bonds. The van der Waals surface area contributed by atoms with E-state index in [9.17, 15) is 13.5 Å². The first-order valence-corrected chi connectivity index (χ1v) is 10.4. The Morgan fingerprint density at radius 1 is 1.14 bits per heavy atom. The molecule has 1 aromatic heterocycles. The first-order chi connectivity index (χ1) is 13.3. The van der Waals surface area contributed by atoms with Crippen LogP contribution in [0.1, 0.15) is 40.8 Å². The Balaban J connectivity index is 1.80. The predicted octanol–water partition coefficient (Wildman–Crippen LogP) is 2.87. The highest BCUT2D eigenvalue weighted by molar-refractivity contribution is 7.89. The number of nitrogens with zero attached hydrogens (tertiary/aromatic N) is 3. The summed E-state index contributed by atoms with van der Waals surface area (Å²) in [5, 5.41) is 24.7. The van der Waals surface area contributed by atoms with Gasteiger partial charge in [-0.1, -0.05) is 29.8 Å². The van der Waals surface area contributed by atoms with E-state index in [0.717, 1.165) is 9.65 Å². The van der Waals surface area contributed by atoms with Crippen LogP contribution in [0, 0.1) is 18.3 Å². The highest BCUT2D eigenvalue weighted by Gasteiger charge is 2.39. The van der Waals surface area contributed by atoms with Crippen LogP contribution in [0.25, 0.3) is 0 Å². The van der Waals surface area contributed by atoms with Crippen molar-refractivity contribution >= 4 is 10.0 Å². The standard InChI is InChI=1S/C21H19N3O3S/c1-15-4-10-18(11-5-15)28(26,27)24-14-19-20(23-24)3-2-12-21(19,25)17-8-6-16(13-22)7-9-17/h4-11,14,25H,2-3,12H2,1H3. The Kier molecular flexibility index (Phi) is 4.33. The van der Waals surface area contributed by atoms with Gasteiger partial charge in [0.05, 0.1) is 22.2 Å². The van der Waals surface area contributed by atoms with Gasteiger partial charge in [-0.15, -0.1) is 0 Å². The molecule has 1 unspecified atom stereocenters. The van der Waals surface area contributed by atoms with Gasteiger partial charge in [-0.3, -0.25) is 0 Å². The minimum absolute atomic E-state index is 0.153. The molecule has 142 valence electrons. The van der Waals surface area contributed by atoms with Crippen LogP contribution in [-0.2, 0) is 22.0 Å². The van der Waals surface area contributed by atoms with Crippen LogP contribution in [0.15, 0.2) is 59.6 Å². The van der Waals surface area contributed by atoms with Crippen molar-refractivity contribution in [3.05, 3.63) is 82.7 Å². The fraction of sp³-hybridized carbons (Fsp3) is 0.238. The van der Waals surface area contributed by atoms with Gasteiger partial charge < -0.3 is 5.11 Å². The van der Waals surface area contributed by atoms with Gasteiger partial charge >= 0.3 is 0 Å². The molecule has 7 heteroatoms. The SMILES string of the molecule is Cc1ccc(S(=O)(=O)n2cc3c(n2)CCCC3(O)c2ccc(C#N)cc2)cc1. The van der Waals surface area contributed by atoms with Crippen LogP contribution in [0.5, 0.6) is 0 Å². The van der Waals surface area contributed by atoms with Crippen molar-refractivity contribution in [2.45, 2.75) is 36.7 Å². The first-order valence-electron chi connectivity index (χ1n) is 8.99. The highest BCUT2D eigenvalue weighted by Crippen LogP contribution is 2.40. The fourth-order valence-corrected chi connectivity index (χ4v) is 4.77. The first kappa shape index (κ1) is 18.4. The van der Waals surface area contributed by atoms with Crippen molar-refractivity contribution in [2.75, 3.05) is 0 Å². The van der Waals surface area contributed by atoms with Gasteiger partial charge in [0.1, 0.15) is 5.60 Å². The number of aryl methyl sites for hydroxylation is 2. The van der Waals surface area contributed by atoms with E-state index in [1.54, 1.807) is 48.5 Å². The normalized spacial score (nSPS) is 19.0. The molecule has 28 heavy (non-hydrogen) atoms. The maximum absolute atomic E-state index is 13.0. The molecule has 2 aromatic carbocycles. The van der Waals surface area contributed by atoms with E-state index in [1.807, 2.05) is 6.92 Å². The predicted molar refractivity (Wildman–Crippen MR) is 103 cm³/mol. The number of aromatic nitrogens is 2. The summed E-state index contributed by atoms with van der Waals surface area (Å²) in [6.45, 7) is 1.89. The third-order valence-electron chi connectivity index (χ3n) is 5.22. The number of aliphatic hydroxyl groups is 1. The lowest BCUT2D eigenvalue weighted by molar-refractivity contribution is 0.0615. The van der Waals surface area contributed by atoms with Gasteiger partial charge in [-0.05, 0) is 56.0 Å². The molecule has 1 atom stereocenters. The molecule has 1 heterocycles. The van der Waals surface area contributed by atoms with Crippen molar-refractivity contribution in [1.82, 2.24) is 9.19 Å². The second-order valence-corrected chi connectivity index (χ2v) is 8.88. The van der Waals surface area contributed by atoms with Crippen LogP contribution in [0.2, 0.25) is 0 Å².